The molecule has 0 atom stereocenters. The van der Waals surface area contributed by atoms with Gasteiger partial charge in [0.1, 0.15) is 0 Å². The van der Waals surface area contributed by atoms with Gasteiger partial charge in [-0.1, -0.05) is 19.6 Å². The third-order valence-corrected chi connectivity index (χ3v) is 5.24. The summed E-state index contributed by atoms with van der Waals surface area (Å²) in [6, 6.07) is 3.22. The summed E-state index contributed by atoms with van der Waals surface area (Å²) in [6.45, 7) is 12.2. The van der Waals surface area contributed by atoms with E-state index in [1.54, 1.807) is 4.57 Å². The number of aromatic nitrogens is 3. The number of pyridine rings is 1. The van der Waals surface area contributed by atoms with Crippen molar-refractivity contribution in [1.29, 1.82) is 0 Å². The Morgan fingerprint density at radius 3 is 2.71 bits per heavy atom. The summed E-state index contributed by atoms with van der Waals surface area (Å²) in [6.07, 6.45) is 3.65. The molecule has 6 heteroatoms. The van der Waals surface area contributed by atoms with Crippen molar-refractivity contribution in [3.63, 3.8) is 0 Å². The first-order valence-electron chi connectivity index (χ1n) is 7.49. The van der Waals surface area contributed by atoms with Crippen LogP contribution in [0.2, 0.25) is 25.7 Å². The highest BCUT2D eigenvalue weighted by molar-refractivity contribution is 6.76. The molecule has 0 spiro atoms. The molecule has 0 fully saturated rings. The Morgan fingerprint density at radius 2 is 2.10 bits per heavy atom. The van der Waals surface area contributed by atoms with Gasteiger partial charge in [-0.2, -0.15) is 0 Å². The summed E-state index contributed by atoms with van der Waals surface area (Å²) < 4.78 is 9.35. The van der Waals surface area contributed by atoms with E-state index in [0.717, 1.165) is 18.2 Å². The van der Waals surface area contributed by atoms with Crippen LogP contribution in [0.3, 0.4) is 0 Å². The van der Waals surface area contributed by atoms with E-state index in [4.69, 9.17) is 4.74 Å². The monoisotopic (exact) mass is 308 g/mol. The van der Waals surface area contributed by atoms with Crippen molar-refractivity contribution in [1.82, 2.24) is 9.55 Å². The fourth-order valence-electron chi connectivity index (χ4n) is 2.19. The summed E-state index contributed by atoms with van der Waals surface area (Å²) in [7, 11) is -1.08. The predicted octanol–water partition coefficient (Wildman–Crippen LogP) is 2.51. The number of nitrogens with one attached hydrogen (secondary N) is 1. The summed E-state index contributed by atoms with van der Waals surface area (Å²) in [5, 5.41) is 0. The fraction of sp³-hybridized carbons (Fsp3) is 0.600. The number of H-pyrrole nitrogens is 1. The molecule has 0 aliphatic heterocycles. The quantitative estimate of drug-likeness (QED) is 0.506. The lowest BCUT2D eigenvalue weighted by molar-refractivity contribution is -0.709. The second-order valence-electron chi connectivity index (χ2n) is 6.98. The fourth-order valence-corrected chi connectivity index (χ4v) is 2.95. The second-order valence-corrected chi connectivity index (χ2v) is 12.6. The number of hydrogen-bond acceptors (Lipinski definition) is 2. The maximum atomic E-state index is 12.5. The van der Waals surface area contributed by atoms with Crippen LogP contribution in [0.5, 0.6) is 0 Å². The molecule has 116 valence electrons. The van der Waals surface area contributed by atoms with E-state index in [9.17, 15) is 4.79 Å². The van der Waals surface area contributed by atoms with Gasteiger partial charge < -0.3 is 9.30 Å². The molecule has 1 N–H and O–H groups in total. The number of rotatable bonds is 6. The SMILES string of the molecule is CC(C)n1ccc2[nH]c[n+](COCC[Si](C)(C)C)c2c1=O. The molecule has 0 saturated heterocycles. The van der Waals surface area contributed by atoms with Crippen molar-refractivity contribution in [2.75, 3.05) is 6.61 Å². The van der Waals surface area contributed by atoms with Crippen LogP contribution in [0, 0.1) is 0 Å². The second kappa shape index (κ2) is 6.15. The topological polar surface area (TPSA) is 50.9 Å². The molecule has 5 nitrogen and oxygen atoms in total. The minimum atomic E-state index is -1.08. The van der Waals surface area contributed by atoms with E-state index in [2.05, 4.69) is 24.6 Å². The molecule has 2 rings (SSSR count). The lowest BCUT2D eigenvalue weighted by atomic mass is 10.3. The molecule has 0 amide bonds. The Labute approximate surface area is 126 Å². The maximum Gasteiger partial charge on any atom is 0.302 e. The summed E-state index contributed by atoms with van der Waals surface area (Å²) in [5.41, 5.74) is 1.56. The van der Waals surface area contributed by atoms with Crippen molar-refractivity contribution in [3.8, 4) is 0 Å². The normalized spacial score (nSPS) is 12.5. The summed E-state index contributed by atoms with van der Waals surface area (Å²) in [4.78, 5) is 15.6. The summed E-state index contributed by atoms with van der Waals surface area (Å²) in [5.74, 6) is 0. The molecule has 0 bridgehead atoms. The van der Waals surface area contributed by atoms with Gasteiger partial charge in [0.25, 0.3) is 0 Å². The molecule has 2 heterocycles. The van der Waals surface area contributed by atoms with Crippen molar-refractivity contribution in [3.05, 3.63) is 28.9 Å². The van der Waals surface area contributed by atoms with Gasteiger partial charge >= 0.3 is 5.56 Å². The van der Waals surface area contributed by atoms with Crippen molar-refractivity contribution >= 4 is 19.1 Å². The largest absolute Gasteiger partial charge is 0.342 e. The zero-order chi connectivity index (χ0) is 15.6. The predicted molar refractivity (Wildman–Crippen MR) is 87.2 cm³/mol. The van der Waals surface area contributed by atoms with E-state index in [1.165, 1.54) is 0 Å². The highest BCUT2D eigenvalue weighted by Crippen LogP contribution is 2.08. The number of nitrogens with zero attached hydrogens (tertiary/aromatic N) is 2. The lowest BCUT2D eigenvalue weighted by Crippen LogP contribution is -2.39. The maximum absolute atomic E-state index is 12.5. The first-order chi connectivity index (χ1) is 9.79. The molecule has 0 aliphatic rings. The van der Waals surface area contributed by atoms with Gasteiger partial charge in [-0.05, 0) is 19.9 Å². The zero-order valence-corrected chi connectivity index (χ0v) is 14.6. The Kier molecular flexibility index (Phi) is 4.68. The van der Waals surface area contributed by atoms with Gasteiger partial charge in [-0.25, -0.2) is 9.55 Å². The number of hydrogen-bond donors (Lipinski definition) is 1. The third kappa shape index (κ3) is 3.82. The average molecular weight is 308 g/mol. The van der Waals surface area contributed by atoms with Gasteiger partial charge in [-0.3, -0.25) is 4.79 Å². The molecular weight excluding hydrogens is 282 g/mol. The molecule has 2 aromatic heterocycles. The number of fused-ring (bicyclic) bond motifs is 1. The van der Waals surface area contributed by atoms with Crippen LogP contribution >= 0.6 is 0 Å². The Morgan fingerprint density at radius 1 is 1.38 bits per heavy atom. The molecule has 0 aliphatic carbocycles. The van der Waals surface area contributed by atoms with Crippen molar-refractivity contribution in [2.45, 2.75) is 52.3 Å². The van der Waals surface area contributed by atoms with Crippen LogP contribution in [0.25, 0.3) is 11.0 Å². The van der Waals surface area contributed by atoms with Gasteiger partial charge in [0.15, 0.2) is 12.2 Å². The van der Waals surface area contributed by atoms with E-state index >= 15 is 0 Å². The smallest absolute Gasteiger partial charge is 0.302 e. The molecular formula is C15H26N3O2Si+. The van der Waals surface area contributed by atoms with Gasteiger partial charge in [0, 0.05) is 33.0 Å². The molecule has 2 aromatic rings. The minimum absolute atomic E-state index is 0.0255. The van der Waals surface area contributed by atoms with Crippen LogP contribution in [0.15, 0.2) is 23.4 Å². The standard InChI is InChI=1S/C15H25N3O2Si/c1-12(2)18-7-6-13-14(15(18)19)17(10-16-13)11-20-8-9-21(3,4)5/h6-7,10,12H,8-9,11H2,1-5H3/p+1. The summed E-state index contributed by atoms with van der Waals surface area (Å²) >= 11 is 0. The first-order valence-corrected chi connectivity index (χ1v) is 11.2. The number of aromatic amines is 1. The van der Waals surface area contributed by atoms with Crippen LogP contribution in [-0.4, -0.2) is 24.2 Å². The van der Waals surface area contributed by atoms with E-state index in [1.807, 2.05) is 37.0 Å². The molecule has 0 unspecified atom stereocenters. The van der Waals surface area contributed by atoms with Crippen molar-refractivity contribution in [2.24, 2.45) is 0 Å². The van der Waals surface area contributed by atoms with E-state index in [-0.39, 0.29) is 11.6 Å². The zero-order valence-electron chi connectivity index (χ0n) is 13.6. The van der Waals surface area contributed by atoms with Crippen LogP contribution in [0.4, 0.5) is 0 Å². The third-order valence-electron chi connectivity index (χ3n) is 3.54. The van der Waals surface area contributed by atoms with Gasteiger partial charge in [-0.15, -0.1) is 0 Å². The highest BCUT2D eigenvalue weighted by atomic mass is 28.3. The Bertz CT molecular complexity index is 668. The molecule has 0 aromatic carbocycles. The molecule has 0 radical (unpaired) electrons. The minimum Gasteiger partial charge on any atom is -0.342 e. The average Bonchev–Trinajstić information content (AvgIpc) is 2.77. The van der Waals surface area contributed by atoms with E-state index < -0.39 is 8.07 Å². The molecule has 21 heavy (non-hydrogen) atoms. The number of ether oxygens (including phenoxy) is 1. The Balaban J connectivity index is 2.17. The highest BCUT2D eigenvalue weighted by Gasteiger charge is 2.17. The Hall–Kier alpha value is -1.40. The van der Waals surface area contributed by atoms with E-state index in [0.29, 0.717) is 12.2 Å². The number of imidazole rings is 1. The van der Waals surface area contributed by atoms with Crippen LogP contribution < -0.4 is 10.1 Å². The van der Waals surface area contributed by atoms with Crippen LogP contribution in [0.1, 0.15) is 19.9 Å². The van der Waals surface area contributed by atoms with Gasteiger partial charge in [0.2, 0.25) is 11.8 Å². The lowest BCUT2D eigenvalue weighted by Gasteiger charge is -2.14. The van der Waals surface area contributed by atoms with Gasteiger partial charge in [0.05, 0.1) is 0 Å². The first kappa shape index (κ1) is 16.0. The van der Waals surface area contributed by atoms with Crippen LogP contribution in [-0.2, 0) is 11.5 Å². The van der Waals surface area contributed by atoms with Crippen molar-refractivity contribution < 1.29 is 9.30 Å². The molecule has 0 saturated carbocycles.